The normalized spacial score (nSPS) is 17.6. The van der Waals surface area contributed by atoms with Crippen molar-refractivity contribution < 1.29 is 9.53 Å². The molecule has 0 aliphatic heterocycles. The molecular formula is C15H19N3O2S. The zero-order valence-electron chi connectivity index (χ0n) is 12.0. The quantitative estimate of drug-likeness (QED) is 0.789. The van der Waals surface area contributed by atoms with Crippen LogP contribution in [-0.2, 0) is 4.74 Å². The van der Waals surface area contributed by atoms with Crippen LogP contribution in [0.4, 0.5) is 10.7 Å². The van der Waals surface area contributed by atoms with Gasteiger partial charge in [-0.15, -0.1) is 11.3 Å². The highest BCUT2D eigenvalue weighted by atomic mass is 32.1. The summed E-state index contributed by atoms with van der Waals surface area (Å²) in [5.41, 5.74) is 6.58. The summed E-state index contributed by atoms with van der Waals surface area (Å²) in [7, 11) is 0. The summed E-state index contributed by atoms with van der Waals surface area (Å²) in [6.45, 7) is 2.05. The van der Waals surface area contributed by atoms with Crippen molar-refractivity contribution in [2.75, 3.05) is 17.7 Å². The highest BCUT2D eigenvalue weighted by Gasteiger charge is 2.42. The molecule has 0 bridgehead atoms. The third-order valence-electron chi connectivity index (χ3n) is 4.08. The van der Waals surface area contributed by atoms with Crippen LogP contribution in [-0.4, -0.2) is 18.6 Å². The molecule has 2 aliphatic carbocycles. The van der Waals surface area contributed by atoms with Gasteiger partial charge in [-0.25, -0.2) is 4.79 Å². The Morgan fingerprint density at radius 1 is 1.48 bits per heavy atom. The standard InChI is InChI=1S/C15H19N3O2S/c1-2-20-15(19)13-11(17)10(7-16)14(21-13)18-12(8-3-4-8)9-5-6-9/h8-9,12,18H,2-6,17H2,1H3. The second kappa shape index (κ2) is 5.57. The minimum atomic E-state index is -0.445. The fraction of sp³-hybridized carbons (Fsp3) is 0.600. The minimum absolute atomic E-state index is 0.244. The molecule has 6 heteroatoms. The van der Waals surface area contributed by atoms with Crippen molar-refractivity contribution in [3.05, 3.63) is 10.4 Å². The number of rotatable bonds is 6. The van der Waals surface area contributed by atoms with Crippen molar-refractivity contribution >= 4 is 28.0 Å². The third kappa shape index (κ3) is 2.84. The van der Waals surface area contributed by atoms with Gasteiger partial charge in [-0.05, 0) is 44.4 Å². The molecule has 0 atom stereocenters. The van der Waals surface area contributed by atoms with E-state index in [2.05, 4.69) is 11.4 Å². The van der Waals surface area contributed by atoms with Crippen molar-refractivity contribution in [1.82, 2.24) is 0 Å². The number of nitriles is 1. The maximum atomic E-state index is 11.9. The molecule has 3 N–H and O–H groups in total. The average molecular weight is 305 g/mol. The van der Waals surface area contributed by atoms with E-state index >= 15 is 0 Å². The number of nitrogens with zero attached hydrogens (tertiary/aromatic N) is 1. The number of thiophene rings is 1. The smallest absolute Gasteiger partial charge is 0.350 e. The summed E-state index contributed by atoms with van der Waals surface area (Å²) in [5, 5.41) is 13.5. The molecule has 0 unspecified atom stereocenters. The molecule has 2 saturated carbocycles. The van der Waals surface area contributed by atoms with Crippen LogP contribution in [0.2, 0.25) is 0 Å². The number of anilines is 2. The van der Waals surface area contributed by atoms with Gasteiger partial charge in [0.1, 0.15) is 21.5 Å². The Labute approximate surface area is 128 Å². The van der Waals surface area contributed by atoms with E-state index < -0.39 is 5.97 Å². The minimum Gasteiger partial charge on any atom is -0.462 e. The van der Waals surface area contributed by atoms with Gasteiger partial charge in [-0.2, -0.15) is 5.26 Å². The summed E-state index contributed by atoms with van der Waals surface area (Å²) in [5.74, 6) is 0.968. The van der Waals surface area contributed by atoms with E-state index in [9.17, 15) is 10.1 Å². The second-order valence-electron chi connectivity index (χ2n) is 5.73. The number of nitrogen functional groups attached to an aromatic ring is 1. The molecule has 0 amide bonds. The first-order valence-electron chi connectivity index (χ1n) is 7.41. The van der Waals surface area contributed by atoms with Crippen LogP contribution in [0.25, 0.3) is 0 Å². The molecule has 0 saturated heterocycles. The number of carbonyl (C=O) groups is 1. The molecule has 1 aromatic rings. The molecule has 2 aliphatic rings. The number of esters is 1. The molecule has 3 rings (SSSR count). The van der Waals surface area contributed by atoms with Crippen LogP contribution in [0, 0.1) is 23.2 Å². The number of hydrogen-bond acceptors (Lipinski definition) is 6. The fourth-order valence-electron chi connectivity index (χ4n) is 2.69. The Kier molecular flexibility index (Phi) is 3.77. The van der Waals surface area contributed by atoms with Crippen LogP contribution in [0.15, 0.2) is 0 Å². The van der Waals surface area contributed by atoms with Crippen LogP contribution >= 0.6 is 11.3 Å². The van der Waals surface area contributed by atoms with E-state index in [1.165, 1.54) is 37.0 Å². The average Bonchev–Trinajstić information content (AvgIpc) is 3.35. The monoisotopic (exact) mass is 305 g/mol. The zero-order valence-corrected chi connectivity index (χ0v) is 12.8. The highest BCUT2D eigenvalue weighted by molar-refractivity contribution is 7.18. The number of nitrogens with one attached hydrogen (secondary N) is 1. The van der Waals surface area contributed by atoms with Crippen molar-refractivity contribution in [1.29, 1.82) is 5.26 Å². The first-order valence-corrected chi connectivity index (χ1v) is 8.23. The molecule has 21 heavy (non-hydrogen) atoms. The van der Waals surface area contributed by atoms with Crippen LogP contribution in [0.1, 0.15) is 47.8 Å². The predicted molar refractivity (Wildman–Crippen MR) is 82.3 cm³/mol. The fourth-order valence-corrected chi connectivity index (χ4v) is 3.70. The van der Waals surface area contributed by atoms with E-state index in [1.54, 1.807) is 6.92 Å². The van der Waals surface area contributed by atoms with Crippen LogP contribution in [0.3, 0.4) is 0 Å². The molecule has 0 aromatic carbocycles. The lowest BCUT2D eigenvalue weighted by atomic mass is 10.1. The summed E-state index contributed by atoms with van der Waals surface area (Å²) >= 11 is 1.24. The number of carbonyl (C=O) groups excluding carboxylic acids is 1. The Balaban J connectivity index is 1.85. The SMILES string of the molecule is CCOC(=O)c1sc(NC(C2CC2)C2CC2)c(C#N)c1N. The molecule has 1 aromatic heterocycles. The Hall–Kier alpha value is -1.74. The van der Waals surface area contributed by atoms with Crippen LogP contribution in [0.5, 0.6) is 0 Å². The van der Waals surface area contributed by atoms with Crippen molar-refractivity contribution in [2.45, 2.75) is 38.6 Å². The maximum Gasteiger partial charge on any atom is 0.350 e. The zero-order chi connectivity index (χ0) is 15.0. The molecule has 112 valence electrons. The molecular weight excluding hydrogens is 286 g/mol. The Morgan fingerprint density at radius 3 is 2.57 bits per heavy atom. The van der Waals surface area contributed by atoms with E-state index in [0.717, 1.165) is 5.00 Å². The second-order valence-corrected chi connectivity index (χ2v) is 6.75. The van der Waals surface area contributed by atoms with Gasteiger partial charge in [0.05, 0.1) is 12.3 Å². The van der Waals surface area contributed by atoms with Crippen molar-refractivity contribution in [2.24, 2.45) is 11.8 Å². The molecule has 0 radical (unpaired) electrons. The van der Waals surface area contributed by atoms with Gasteiger partial charge >= 0.3 is 5.97 Å². The van der Waals surface area contributed by atoms with E-state index in [0.29, 0.717) is 34.9 Å². The lowest BCUT2D eigenvalue weighted by Crippen LogP contribution is -2.24. The van der Waals surface area contributed by atoms with Gasteiger partial charge in [0.25, 0.3) is 0 Å². The van der Waals surface area contributed by atoms with Crippen LogP contribution < -0.4 is 11.1 Å². The van der Waals surface area contributed by atoms with Gasteiger partial charge < -0.3 is 15.8 Å². The Bertz CT molecular complexity index is 585. The highest BCUT2D eigenvalue weighted by Crippen LogP contribution is 2.47. The van der Waals surface area contributed by atoms with Crippen molar-refractivity contribution in [3.63, 3.8) is 0 Å². The molecule has 1 heterocycles. The van der Waals surface area contributed by atoms with E-state index in [4.69, 9.17) is 10.5 Å². The summed E-state index contributed by atoms with van der Waals surface area (Å²) in [4.78, 5) is 12.2. The third-order valence-corrected chi connectivity index (χ3v) is 5.19. The summed E-state index contributed by atoms with van der Waals surface area (Å²) in [6.07, 6.45) is 5.01. The van der Waals surface area contributed by atoms with Gasteiger partial charge in [0.2, 0.25) is 0 Å². The van der Waals surface area contributed by atoms with E-state index in [-0.39, 0.29) is 5.69 Å². The van der Waals surface area contributed by atoms with Gasteiger partial charge in [0, 0.05) is 6.04 Å². The lowest BCUT2D eigenvalue weighted by Gasteiger charge is -2.17. The largest absolute Gasteiger partial charge is 0.462 e. The number of hydrogen-bond donors (Lipinski definition) is 2. The maximum absolute atomic E-state index is 11.9. The molecule has 0 spiro atoms. The van der Waals surface area contributed by atoms with Crippen molar-refractivity contribution in [3.8, 4) is 6.07 Å². The topological polar surface area (TPSA) is 88.1 Å². The van der Waals surface area contributed by atoms with E-state index in [1.807, 2.05) is 0 Å². The number of ether oxygens (including phenoxy) is 1. The molecule has 5 nitrogen and oxygen atoms in total. The Morgan fingerprint density at radius 2 is 2.10 bits per heavy atom. The summed E-state index contributed by atoms with van der Waals surface area (Å²) < 4.78 is 5.00. The van der Waals surface area contributed by atoms with Gasteiger partial charge in [0.15, 0.2) is 0 Å². The molecule has 2 fully saturated rings. The van der Waals surface area contributed by atoms with Gasteiger partial charge in [-0.1, -0.05) is 0 Å². The first-order chi connectivity index (χ1) is 10.2. The van der Waals surface area contributed by atoms with Gasteiger partial charge in [-0.3, -0.25) is 0 Å². The summed E-state index contributed by atoms with van der Waals surface area (Å²) in [6, 6.07) is 2.54. The first kappa shape index (κ1) is 14.2. The number of nitrogens with two attached hydrogens (primary N) is 1. The lowest BCUT2D eigenvalue weighted by molar-refractivity contribution is 0.0533. The predicted octanol–water partition coefficient (Wildman–Crippen LogP) is 2.98.